The molecule has 0 aliphatic heterocycles. The second-order valence-electron chi connectivity index (χ2n) is 4.53. The van der Waals surface area contributed by atoms with Crippen molar-refractivity contribution in [3.05, 3.63) is 17.5 Å². The van der Waals surface area contributed by atoms with Gasteiger partial charge in [-0.2, -0.15) is 0 Å². The van der Waals surface area contributed by atoms with Crippen LogP contribution in [0.25, 0.3) is 0 Å². The van der Waals surface area contributed by atoms with E-state index in [2.05, 4.69) is 15.3 Å². The minimum absolute atomic E-state index is 0.349. The van der Waals surface area contributed by atoms with E-state index in [0.717, 1.165) is 0 Å². The van der Waals surface area contributed by atoms with E-state index in [1.54, 1.807) is 13.8 Å². The Morgan fingerprint density at radius 1 is 1.20 bits per heavy atom. The molecule has 1 aromatic heterocycles. The average molecular weight is 230 g/mol. The smallest absolute Gasteiger partial charge is 0.147 e. The maximum absolute atomic E-state index is 9.92. The topological polar surface area (TPSA) is 58.0 Å². The van der Waals surface area contributed by atoms with Gasteiger partial charge in [-0.05, 0) is 27.7 Å². The van der Waals surface area contributed by atoms with Crippen molar-refractivity contribution in [2.45, 2.75) is 38.8 Å². The van der Waals surface area contributed by atoms with Crippen molar-refractivity contribution >= 4 is 17.4 Å². The van der Waals surface area contributed by atoms with Gasteiger partial charge in [0.1, 0.15) is 11.0 Å². The van der Waals surface area contributed by atoms with Crippen LogP contribution < -0.4 is 5.32 Å². The molecule has 84 valence electrons. The SMILES string of the molecule is CC(C)(O)C(C)(C)Nc1cnc(Cl)cn1. The molecule has 0 unspecified atom stereocenters. The van der Waals surface area contributed by atoms with Crippen LogP contribution in [0.15, 0.2) is 12.4 Å². The molecule has 0 amide bonds. The molecule has 0 radical (unpaired) electrons. The third kappa shape index (κ3) is 3.04. The predicted octanol–water partition coefficient (Wildman–Crippen LogP) is 2.09. The van der Waals surface area contributed by atoms with Crippen LogP contribution >= 0.6 is 11.6 Å². The quantitative estimate of drug-likeness (QED) is 0.834. The Hall–Kier alpha value is -0.870. The van der Waals surface area contributed by atoms with Crippen molar-refractivity contribution in [3.63, 3.8) is 0 Å². The first-order valence-electron chi connectivity index (χ1n) is 4.70. The minimum atomic E-state index is -0.867. The van der Waals surface area contributed by atoms with E-state index >= 15 is 0 Å². The zero-order valence-electron chi connectivity index (χ0n) is 9.37. The Bertz CT molecular complexity index is 330. The van der Waals surface area contributed by atoms with Gasteiger partial charge in [0.2, 0.25) is 0 Å². The number of anilines is 1. The van der Waals surface area contributed by atoms with Crippen LogP contribution in [0.2, 0.25) is 5.15 Å². The van der Waals surface area contributed by atoms with E-state index in [1.807, 2.05) is 13.8 Å². The molecule has 5 heteroatoms. The van der Waals surface area contributed by atoms with Gasteiger partial charge in [-0.3, -0.25) is 0 Å². The highest BCUT2D eigenvalue weighted by Crippen LogP contribution is 2.24. The summed E-state index contributed by atoms with van der Waals surface area (Å²) in [5.74, 6) is 0.589. The Balaban J connectivity index is 2.82. The Kier molecular flexibility index (Phi) is 3.21. The van der Waals surface area contributed by atoms with Gasteiger partial charge in [0, 0.05) is 0 Å². The summed E-state index contributed by atoms with van der Waals surface area (Å²) in [6.07, 6.45) is 3.00. The number of aromatic nitrogens is 2. The summed E-state index contributed by atoms with van der Waals surface area (Å²) < 4.78 is 0. The second-order valence-corrected chi connectivity index (χ2v) is 4.92. The van der Waals surface area contributed by atoms with Gasteiger partial charge in [0.25, 0.3) is 0 Å². The predicted molar refractivity (Wildman–Crippen MR) is 61.0 cm³/mol. The summed E-state index contributed by atoms with van der Waals surface area (Å²) in [7, 11) is 0. The molecule has 1 heterocycles. The van der Waals surface area contributed by atoms with Crippen LogP contribution in [0.1, 0.15) is 27.7 Å². The van der Waals surface area contributed by atoms with Crippen LogP contribution in [0.3, 0.4) is 0 Å². The highest BCUT2D eigenvalue weighted by molar-refractivity contribution is 6.29. The molecule has 0 spiro atoms. The zero-order chi connectivity index (χ0) is 11.7. The molecule has 0 aromatic carbocycles. The van der Waals surface area contributed by atoms with Crippen LogP contribution in [0.5, 0.6) is 0 Å². The maximum atomic E-state index is 9.92. The van der Waals surface area contributed by atoms with Gasteiger partial charge in [-0.1, -0.05) is 11.6 Å². The van der Waals surface area contributed by atoms with E-state index in [4.69, 9.17) is 11.6 Å². The molecule has 0 saturated carbocycles. The van der Waals surface area contributed by atoms with E-state index in [-0.39, 0.29) is 0 Å². The van der Waals surface area contributed by atoms with Crippen molar-refractivity contribution in [2.75, 3.05) is 5.32 Å². The van der Waals surface area contributed by atoms with Crippen molar-refractivity contribution in [1.82, 2.24) is 9.97 Å². The summed E-state index contributed by atoms with van der Waals surface area (Å²) in [4.78, 5) is 7.96. The number of halogens is 1. The molecule has 4 nitrogen and oxygen atoms in total. The summed E-state index contributed by atoms with van der Waals surface area (Å²) in [6, 6.07) is 0. The first-order valence-corrected chi connectivity index (χ1v) is 5.08. The number of rotatable bonds is 3. The lowest BCUT2D eigenvalue weighted by molar-refractivity contribution is 0.0238. The van der Waals surface area contributed by atoms with Crippen molar-refractivity contribution < 1.29 is 5.11 Å². The zero-order valence-corrected chi connectivity index (χ0v) is 10.1. The maximum Gasteiger partial charge on any atom is 0.147 e. The van der Waals surface area contributed by atoms with E-state index in [0.29, 0.717) is 11.0 Å². The third-order valence-corrected chi connectivity index (χ3v) is 2.79. The molecule has 0 aliphatic carbocycles. The van der Waals surface area contributed by atoms with E-state index in [1.165, 1.54) is 12.4 Å². The molecule has 0 fully saturated rings. The standard InChI is InChI=1S/C10H16ClN3O/c1-9(2,10(3,4)15)14-8-6-12-7(11)5-13-8/h5-6,15H,1-4H3,(H,13,14). The highest BCUT2D eigenvalue weighted by Gasteiger charge is 2.35. The van der Waals surface area contributed by atoms with E-state index in [9.17, 15) is 5.11 Å². The summed E-state index contributed by atoms with van der Waals surface area (Å²) in [5, 5.41) is 13.4. The van der Waals surface area contributed by atoms with Gasteiger partial charge in [0.05, 0.1) is 23.5 Å². The number of nitrogens with zero attached hydrogens (tertiary/aromatic N) is 2. The third-order valence-electron chi connectivity index (χ3n) is 2.59. The largest absolute Gasteiger partial charge is 0.388 e. The summed E-state index contributed by atoms with van der Waals surface area (Å²) in [6.45, 7) is 7.26. The van der Waals surface area contributed by atoms with Gasteiger partial charge >= 0.3 is 0 Å². The van der Waals surface area contributed by atoms with Gasteiger partial charge in [-0.15, -0.1) is 0 Å². The molecule has 1 rings (SSSR count). The molecule has 0 atom stereocenters. The lowest BCUT2D eigenvalue weighted by Crippen LogP contribution is -2.51. The average Bonchev–Trinajstić information content (AvgIpc) is 2.06. The fourth-order valence-corrected chi connectivity index (χ4v) is 0.948. The van der Waals surface area contributed by atoms with Crippen molar-refractivity contribution in [3.8, 4) is 0 Å². The van der Waals surface area contributed by atoms with Gasteiger partial charge in [0.15, 0.2) is 0 Å². The number of hydrogen-bond donors (Lipinski definition) is 2. The lowest BCUT2D eigenvalue weighted by Gasteiger charge is -2.38. The Morgan fingerprint density at radius 3 is 2.20 bits per heavy atom. The van der Waals surface area contributed by atoms with Gasteiger partial charge < -0.3 is 10.4 Å². The second kappa shape index (κ2) is 3.94. The normalized spacial score (nSPS) is 12.7. The molecule has 15 heavy (non-hydrogen) atoms. The lowest BCUT2D eigenvalue weighted by atomic mass is 9.86. The minimum Gasteiger partial charge on any atom is -0.388 e. The van der Waals surface area contributed by atoms with Crippen molar-refractivity contribution in [1.29, 1.82) is 0 Å². The summed E-state index contributed by atoms with van der Waals surface area (Å²) >= 11 is 5.62. The molecule has 0 saturated heterocycles. The van der Waals surface area contributed by atoms with Crippen LogP contribution in [-0.4, -0.2) is 26.2 Å². The van der Waals surface area contributed by atoms with Crippen molar-refractivity contribution in [2.24, 2.45) is 0 Å². The molecular formula is C10H16ClN3O. The first kappa shape index (κ1) is 12.2. The van der Waals surface area contributed by atoms with Crippen LogP contribution in [-0.2, 0) is 0 Å². The van der Waals surface area contributed by atoms with Crippen LogP contribution in [0, 0.1) is 0 Å². The highest BCUT2D eigenvalue weighted by atomic mass is 35.5. The Morgan fingerprint density at radius 2 is 1.80 bits per heavy atom. The Labute approximate surface area is 94.7 Å². The fourth-order valence-electron chi connectivity index (χ4n) is 0.850. The molecular weight excluding hydrogens is 214 g/mol. The number of hydrogen-bond acceptors (Lipinski definition) is 4. The molecule has 0 bridgehead atoms. The fraction of sp³-hybridized carbons (Fsp3) is 0.600. The molecule has 1 aromatic rings. The first-order chi connectivity index (χ1) is 6.72. The monoisotopic (exact) mass is 229 g/mol. The number of aliphatic hydroxyl groups is 1. The molecule has 2 N–H and O–H groups in total. The van der Waals surface area contributed by atoms with E-state index < -0.39 is 11.1 Å². The molecule has 0 aliphatic rings. The van der Waals surface area contributed by atoms with Crippen LogP contribution in [0.4, 0.5) is 5.82 Å². The summed E-state index contributed by atoms with van der Waals surface area (Å²) in [5.41, 5.74) is -1.37. The van der Waals surface area contributed by atoms with Gasteiger partial charge in [-0.25, -0.2) is 9.97 Å². The number of nitrogens with one attached hydrogen (secondary N) is 1.